The van der Waals surface area contributed by atoms with Gasteiger partial charge in [-0.25, -0.2) is 9.18 Å². The van der Waals surface area contributed by atoms with Crippen molar-refractivity contribution >= 4 is 29.4 Å². The Kier molecular flexibility index (Phi) is 6.23. The average Bonchev–Trinajstić information content (AvgIpc) is 3.12. The number of hydrogen-bond donors (Lipinski definition) is 2. The first-order valence-electron chi connectivity index (χ1n) is 8.73. The molecule has 0 aliphatic heterocycles. The summed E-state index contributed by atoms with van der Waals surface area (Å²) in [6, 6.07) is 10.7. The standard InChI is InChI=1S/C19H19FN6O2S/c1-11-7-8-16(12(2)9-11)21-18(28)22-17(27)13(3)29-19-23-24-25-26(19)15-6-4-5-14(20)10-15/h4-10,13H,1-3H3,(H2,21,22,27,28). The number of nitrogens with zero attached hydrogens (tertiary/aromatic N) is 4. The fourth-order valence-electron chi connectivity index (χ4n) is 2.55. The first-order chi connectivity index (χ1) is 13.8. The highest BCUT2D eigenvalue weighted by Gasteiger charge is 2.21. The lowest BCUT2D eigenvalue weighted by Crippen LogP contribution is -2.39. The van der Waals surface area contributed by atoms with Gasteiger partial charge in [0.1, 0.15) is 5.82 Å². The highest BCUT2D eigenvalue weighted by Crippen LogP contribution is 2.23. The van der Waals surface area contributed by atoms with Gasteiger partial charge in [0, 0.05) is 5.69 Å². The lowest BCUT2D eigenvalue weighted by Gasteiger charge is -2.13. The van der Waals surface area contributed by atoms with E-state index in [9.17, 15) is 14.0 Å². The van der Waals surface area contributed by atoms with Crippen molar-refractivity contribution < 1.29 is 14.0 Å². The second-order valence-corrected chi connectivity index (χ2v) is 7.68. The van der Waals surface area contributed by atoms with Gasteiger partial charge in [-0.05, 0) is 61.0 Å². The summed E-state index contributed by atoms with van der Waals surface area (Å²) < 4.78 is 14.8. The molecular formula is C19H19FN6O2S. The van der Waals surface area contributed by atoms with Crippen LogP contribution in [0.2, 0.25) is 0 Å². The minimum Gasteiger partial charge on any atom is -0.307 e. The summed E-state index contributed by atoms with van der Waals surface area (Å²) in [6.45, 7) is 5.45. The molecule has 0 fully saturated rings. The fraction of sp³-hybridized carbons (Fsp3) is 0.211. The van der Waals surface area contributed by atoms with Gasteiger partial charge in [-0.3, -0.25) is 10.1 Å². The number of thioether (sulfide) groups is 1. The molecule has 1 aromatic heterocycles. The number of carbonyl (C=O) groups excluding carboxylic acids is 2. The number of hydrogen-bond acceptors (Lipinski definition) is 6. The number of anilines is 1. The minimum atomic E-state index is -0.668. The molecule has 3 rings (SSSR count). The zero-order valence-electron chi connectivity index (χ0n) is 16.0. The summed E-state index contributed by atoms with van der Waals surface area (Å²) in [5.74, 6) is -0.936. The molecule has 0 bridgehead atoms. The van der Waals surface area contributed by atoms with E-state index >= 15 is 0 Å². The van der Waals surface area contributed by atoms with Gasteiger partial charge in [-0.2, -0.15) is 4.68 Å². The summed E-state index contributed by atoms with van der Waals surface area (Å²) in [4.78, 5) is 24.5. The summed E-state index contributed by atoms with van der Waals surface area (Å²) in [5.41, 5.74) is 3.02. The zero-order valence-corrected chi connectivity index (χ0v) is 16.8. The Balaban J connectivity index is 1.63. The van der Waals surface area contributed by atoms with Crippen LogP contribution in [-0.2, 0) is 4.79 Å². The van der Waals surface area contributed by atoms with E-state index < -0.39 is 23.0 Å². The average molecular weight is 414 g/mol. The molecule has 2 aromatic carbocycles. The van der Waals surface area contributed by atoms with E-state index in [0.717, 1.165) is 22.9 Å². The Morgan fingerprint density at radius 1 is 1.17 bits per heavy atom. The van der Waals surface area contributed by atoms with Crippen molar-refractivity contribution in [3.8, 4) is 5.69 Å². The maximum atomic E-state index is 13.5. The third-order valence-corrected chi connectivity index (χ3v) is 5.04. The van der Waals surface area contributed by atoms with Crippen LogP contribution in [0.25, 0.3) is 5.69 Å². The molecule has 0 aliphatic carbocycles. The van der Waals surface area contributed by atoms with E-state index in [4.69, 9.17) is 0 Å². The Hall–Kier alpha value is -3.27. The number of aryl methyl sites for hydroxylation is 2. The van der Waals surface area contributed by atoms with Crippen LogP contribution in [0.1, 0.15) is 18.1 Å². The van der Waals surface area contributed by atoms with Gasteiger partial charge in [-0.15, -0.1) is 5.10 Å². The first kappa shape index (κ1) is 20.5. The normalized spacial score (nSPS) is 11.7. The Morgan fingerprint density at radius 2 is 1.97 bits per heavy atom. The van der Waals surface area contributed by atoms with Crippen LogP contribution < -0.4 is 10.6 Å². The molecule has 0 saturated carbocycles. The molecular weight excluding hydrogens is 395 g/mol. The zero-order chi connectivity index (χ0) is 21.0. The summed E-state index contributed by atoms with van der Waals surface area (Å²) in [5, 5.41) is 15.9. The molecule has 10 heteroatoms. The van der Waals surface area contributed by atoms with Gasteiger partial charge in [0.25, 0.3) is 0 Å². The van der Waals surface area contributed by atoms with Crippen LogP contribution >= 0.6 is 11.8 Å². The number of halogens is 1. The number of rotatable bonds is 5. The topological polar surface area (TPSA) is 102 Å². The van der Waals surface area contributed by atoms with Crippen LogP contribution in [0.5, 0.6) is 0 Å². The van der Waals surface area contributed by atoms with Crippen LogP contribution in [0, 0.1) is 19.7 Å². The summed E-state index contributed by atoms with van der Waals surface area (Å²) >= 11 is 1.05. The Labute approximate surface area is 170 Å². The van der Waals surface area contributed by atoms with Crippen molar-refractivity contribution in [3.63, 3.8) is 0 Å². The van der Waals surface area contributed by atoms with Crippen molar-refractivity contribution in [2.75, 3.05) is 5.32 Å². The van der Waals surface area contributed by atoms with Crippen molar-refractivity contribution in [1.29, 1.82) is 0 Å². The Bertz CT molecular complexity index is 1050. The number of tetrazole rings is 1. The molecule has 1 heterocycles. The van der Waals surface area contributed by atoms with E-state index in [0.29, 0.717) is 16.5 Å². The largest absolute Gasteiger partial charge is 0.325 e. The molecule has 8 nitrogen and oxygen atoms in total. The lowest BCUT2D eigenvalue weighted by atomic mass is 10.1. The molecule has 0 radical (unpaired) electrons. The lowest BCUT2D eigenvalue weighted by molar-refractivity contribution is -0.119. The predicted octanol–water partition coefficient (Wildman–Crippen LogP) is 3.25. The van der Waals surface area contributed by atoms with Crippen molar-refractivity contribution in [1.82, 2.24) is 25.5 Å². The summed E-state index contributed by atoms with van der Waals surface area (Å²) in [7, 11) is 0. The summed E-state index contributed by atoms with van der Waals surface area (Å²) in [6.07, 6.45) is 0. The quantitative estimate of drug-likeness (QED) is 0.622. The third-order valence-electron chi connectivity index (χ3n) is 4.01. The third kappa shape index (κ3) is 5.17. The van der Waals surface area contributed by atoms with Crippen molar-refractivity contribution in [2.24, 2.45) is 0 Å². The molecule has 0 spiro atoms. The molecule has 150 valence electrons. The van der Waals surface area contributed by atoms with E-state index in [1.54, 1.807) is 19.1 Å². The van der Waals surface area contributed by atoms with Crippen LogP contribution in [0.4, 0.5) is 14.9 Å². The molecule has 3 amide bonds. The molecule has 2 N–H and O–H groups in total. The van der Waals surface area contributed by atoms with Gasteiger partial charge in [0.05, 0.1) is 10.9 Å². The molecule has 1 atom stereocenters. The molecule has 1 unspecified atom stereocenters. The first-order valence-corrected chi connectivity index (χ1v) is 9.61. The maximum absolute atomic E-state index is 13.5. The number of imide groups is 1. The number of aromatic nitrogens is 4. The molecule has 3 aromatic rings. The van der Waals surface area contributed by atoms with Crippen molar-refractivity contribution in [3.05, 3.63) is 59.4 Å². The number of carbonyl (C=O) groups is 2. The fourth-order valence-corrected chi connectivity index (χ4v) is 3.36. The van der Waals surface area contributed by atoms with Gasteiger partial charge < -0.3 is 5.32 Å². The van der Waals surface area contributed by atoms with E-state index in [1.165, 1.54) is 22.9 Å². The van der Waals surface area contributed by atoms with Gasteiger partial charge in [0.2, 0.25) is 11.1 Å². The molecule has 0 aliphatic rings. The highest BCUT2D eigenvalue weighted by molar-refractivity contribution is 8.00. The van der Waals surface area contributed by atoms with Crippen LogP contribution in [0.15, 0.2) is 47.6 Å². The Morgan fingerprint density at radius 3 is 2.69 bits per heavy atom. The van der Waals surface area contributed by atoms with E-state index in [2.05, 4.69) is 26.2 Å². The maximum Gasteiger partial charge on any atom is 0.325 e. The number of nitrogens with one attached hydrogen (secondary N) is 2. The van der Waals surface area contributed by atoms with Gasteiger partial charge >= 0.3 is 6.03 Å². The minimum absolute atomic E-state index is 0.299. The molecule has 0 saturated heterocycles. The van der Waals surface area contributed by atoms with Gasteiger partial charge in [-0.1, -0.05) is 35.5 Å². The number of benzene rings is 2. The highest BCUT2D eigenvalue weighted by atomic mass is 32.2. The predicted molar refractivity (Wildman–Crippen MR) is 108 cm³/mol. The molecule has 29 heavy (non-hydrogen) atoms. The smallest absolute Gasteiger partial charge is 0.307 e. The second kappa shape index (κ2) is 8.82. The van der Waals surface area contributed by atoms with E-state index in [-0.39, 0.29) is 0 Å². The van der Waals surface area contributed by atoms with Crippen LogP contribution in [-0.4, -0.2) is 37.4 Å². The van der Waals surface area contributed by atoms with Crippen molar-refractivity contribution in [2.45, 2.75) is 31.2 Å². The van der Waals surface area contributed by atoms with E-state index in [1.807, 2.05) is 26.0 Å². The monoisotopic (exact) mass is 414 g/mol. The second-order valence-electron chi connectivity index (χ2n) is 6.37. The number of urea groups is 1. The number of amides is 3. The SMILES string of the molecule is Cc1ccc(NC(=O)NC(=O)C(C)Sc2nnnn2-c2cccc(F)c2)c(C)c1. The van der Waals surface area contributed by atoms with Crippen LogP contribution in [0.3, 0.4) is 0 Å². The van der Waals surface area contributed by atoms with Gasteiger partial charge in [0.15, 0.2) is 0 Å².